The summed E-state index contributed by atoms with van der Waals surface area (Å²) in [5, 5.41) is 0. The van der Waals surface area contributed by atoms with Gasteiger partial charge in [0.15, 0.2) is 34.9 Å². The third kappa shape index (κ3) is 5.87. The van der Waals surface area contributed by atoms with Gasteiger partial charge in [-0.1, -0.05) is 194 Å². The Balaban J connectivity index is 0.945. The number of ether oxygens (including phenoxy) is 1. The van der Waals surface area contributed by atoms with Crippen LogP contribution in [0, 0.1) is 0 Å². The van der Waals surface area contributed by atoms with Gasteiger partial charge in [0.05, 0.1) is 5.41 Å². The smallest absolute Gasteiger partial charge is 0.164 e. The molecule has 0 amide bonds. The Hall–Kier alpha value is -8.94. The average molecular weight is 885 g/mol. The molecule has 2 atom stereocenters. The number of fused-ring (bicyclic) bond motifs is 13. The van der Waals surface area contributed by atoms with Crippen LogP contribution in [0.3, 0.4) is 0 Å². The lowest BCUT2D eigenvalue weighted by atomic mass is 9.66. The van der Waals surface area contributed by atoms with E-state index in [1.807, 2.05) is 97.1 Å². The van der Waals surface area contributed by atoms with Gasteiger partial charge in [-0.2, -0.15) is 0 Å². The van der Waals surface area contributed by atoms with E-state index in [2.05, 4.69) is 128 Å². The first-order valence-electron chi connectivity index (χ1n) is 23.4. The predicted octanol–water partition coefficient (Wildman–Crippen LogP) is 13.6. The molecular weight excluding hydrogens is 845 g/mol. The molecule has 8 aromatic carbocycles. The largest absolute Gasteiger partial charge is 0.482 e. The van der Waals surface area contributed by atoms with Crippen molar-refractivity contribution in [2.45, 2.75) is 23.9 Å². The fourth-order valence-electron chi connectivity index (χ4n) is 11.4. The number of hydrogen-bond donors (Lipinski definition) is 0. The molecule has 0 radical (unpaired) electrons. The molecule has 69 heavy (non-hydrogen) atoms. The minimum Gasteiger partial charge on any atom is -0.482 e. The van der Waals surface area contributed by atoms with Crippen LogP contribution in [0.4, 0.5) is 0 Å². The topological polar surface area (TPSA) is 86.6 Å². The fraction of sp³-hybridized carbons (Fsp3) is 0.0645. The SMILES string of the molecule is CC12Oc3ccc(-c4nc(-c5ccccc5)nc(-c5ccccc5)n4)cc3C1C=CC1=C2c2ccc(-c3nc(-c4ccccc4)nc(-c4ccccc4)n3)cc2C12c1ccccc1-c1ccccc12. The second-order valence-electron chi connectivity index (χ2n) is 18.3. The highest BCUT2D eigenvalue weighted by molar-refractivity contribution is 5.99. The fourth-order valence-corrected chi connectivity index (χ4v) is 11.4. The van der Waals surface area contributed by atoms with Crippen molar-refractivity contribution in [3.05, 3.63) is 252 Å². The van der Waals surface area contributed by atoms with Crippen LogP contribution in [-0.4, -0.2) is 35.5 Å². The van der Waals surface area contributed by atoms with Gasteiger partial charge in [-0.15, -0.1) is 0 Å². The second kappa shape index (κ2) is 15.0. The molecule has 0 saturated heterocycles. The summed E-state index contributed by atoms with van der Waals surface area (Å²) in [6.45, 7) is 2.27. The van der Waals surface area contributed by atoms with E-state index in [9.17, 15) is 0 Å². The highest BCUT2D eigenvalue weighted by Crippen LogP contribution is 2.68. The van der Waals surface area contributed by atoms with Crippen molar-refractivity contribution in [2.75, 3.05) is 0 Å². The molecule has 4 aliphatic rings. The van der Waals surface area contributed by atoms with Crippen LogP contribution < -0.4 is 4.74 Å². The summed E-state index contributed by atoms with van der Waals surface area (Å²) in [7, 11) is 0. The Bertz CT molecular complexity index is 3620. The summed E-state index contributed by atoms with van der Waals surface area (Å²) in [6.07, 6.45) is 4.76. The van der Waals surface area contributed by atoms with Crippen LogP contribution in [0.1, 0.15) is 40.7 Å². The zero-order valence-electron chi connectivity index (χ0n) is 37.5. The maximum Gasteiger partial charge on any atom is 0.164 e. The second-order valence-corrected chi connectivity index (χ2v) is 18.3. The first-order chi connectivity index (χ1) is 34.0. The van der Waals surface area contributed by atoms with E-state index in [0.717, 1.165) is 50.3 Å². The molecule has 3 heterocycles. The molecule has 1 spiro atoms. The maximum absolute atomic E-state index is 7.37. The van der Waals surface area contributed by atoms with E-state index < -0.39 is 11.0 Å². The van der Waals surface area contributed by atoms with Crippen LogP contribution in [-0.2, 0) is 5.41 Å². The number of rotatable bonds is 6. The van der Waals surface area contributed by atoms with Crippen molar-refractivity contribution < 1.29 is 4.74 Å². The van der Waals surface area contributed by atoms with Crippen LogP contribution in [0.5, 0.6) is 5.75 Å². The third-order valence-electron chi connectivity index (χ3n) is 14.4. The highest BCUT2D eigenvalue weighted by atomic mass is 16.5. The Morgan fingerprint density at radius 2 is 0.783 bits per heavy atom. The normalized spacial score (nSPS) is 17.4. The van der Waals surface area contributed by atoms with E-state index in [1.54, 1.807) is 0 Å². The Labute approximate surface area is 399 Å². The summed E-state index contributed by atoms with van der Waals surface area (Å²) in [5.74, 6) is 4.49. The number of hydrogen-bond acceptors (Lipinski definition) is 7. The Morgan fingerprint density at radius 1 is 0.377 bits per heavy atom. The molecule has 2 aromatic heterocycles. The van der Waals surface area contributed by atoms with Gasteiger partial charge in [0.2, 0.25) is 0 Å². The number of aromatic nitrogens is 6. The highest BCUT2D eigenvalue weighted by Gasteiger charge is 2.60. The predicted molar refractivity (Wildman–Crippen MR) is 272 cm³/mol. The molecule has 14 rings (SSSR count). The lowest BCUT2D eigenvalue weighted by Gasteiger charge is -2.37. The van der Waals surface area contributed by atoms with E-state index >= 15 is 0 Å². The first kappa shape index (κ1) is 39.2. The van der Waals surface area contributed by atoms with E-state index in [1.165, 1.54) is 39.0 Å². The van der Waals surface area contributed by atoms with Crippen LogP contribution in [0.25, 0.3) is 85.0 Å². The molecule has 2 unspecified atom stereocenters. The standard InChI is InChI=1S/C62H40N6O/c1-61-48(47-36-42(31-35-53(47)69-61)59-65-55(38-18-6-2-7-19-38)63-56(66-59)39-20-8-3-9-21-39)33-34-51-54(61)46-32-30-43(37-52(46)62(51)49-28-16-14-26-44(49)45-27-15-17-29-50(45)62)60-67-57(40-22-10-4-11-23-40)64-58(68-60)41-24-12-5-13-25-41/h2-37,48H,1H3. The summed E-state index contributed by atoms with van der Waals surface area (Å²) < 4.78 is 7.37. The maximum atomic E-state index is 7.37. The number of nitrogens with zero attached hydrogens (tertiary/aromatic N) is 6. The molecule has 10 aromatic rings. The average Bonchev–Trinajstić information content (AvgIpc) is 4.02. The first-order valence-corrected chi connectivity index (χ1v) is 23.4. The van der Waals surface area contributed by atoms with Gasteiger partial charge in [0.1, 0.15) is 11.4 Å². The van der Waals surface area contributed by atoms with Crippen molar-refractivity contribution in [1.29, 1.82) is 0 Å². The minimum atomic E-state index is -0.755. The summed E-state index contributed by atoms with van der Waals surface area (Å²) in [5.41, 5.74) is 15.0. The van der Waals surface area contributed by atoms with Crippen molar-refractivity contribution in [1.82, 2.24) is 29.9 Å². The van der Waals surface area contributed by atoms with Gasteiger partial charge in [0, 0.05) is 50.4 Å². The molecule has 0 N–H and O–H groups in total. The quantitative estimate of drug-likeness (QED) is 0.164. The molecule has 324 valence electrons. The zero-order chi connectivity index (χ0) is 45.7. The minimum absolute atomic E-state index is 0.102. The third-order valence-corrected chi connectivity index (χ3v) is 14.4. The van der Waals surface area contributed by atoms with Crippen LogP contribution in [0.15, 0.2) is 224 Å². The summed E-state index contributed by atoms with van der Waals surface area (Å²) in [4.78, 5) is 30.6. The van der Waals surface area contributed by atoms with Crippen molar-refractivity contribution in [3.8, 4) is 85.2 Å². The summed E-state index contributed by atoms with van der Waals surface area (Å²) >= 11 is 0. The molecule has 7 heteroatoms. The van der Waals surface area contributed by atoms with Crippen LogP contribution >= 0.6 is 0 Å². The van der Waals surface area contributed by atoms with Crippen LogP contribution in [0.2, 0.25) is 0 Å². The molecule has 0 bridgehead atoms. The van der Waals surface area contributed by atoms with Gasteiger partial charge in [-0.3, -0.25) is 0 Å². The number of allylic oxidation sites excluding steroid dienone is 2. The molecular formula is C62H40N6O. The lowest BCUT2D eigenvalue weighted by Crippen LogP contribution is -2.38. The molecule has 0 fully saturated rings. The van der Waals surface area contributed by atoms with E-state index in [4.69, 9.17) is 34.6 Å². The van der Waals surface area contributed by atoms with Gasteiger partial charge >= 0.3 is 0 Å². The van der Waals surface area contributed by atoms with Gasteiger partial charge < -0.3 is 4.74 Å². The molecule has 0 saturated carbocycles. The van der Waals surface area contributed by atoms with E-state index in [0.29, 0.717) is 34.9 Å². The van der Waals surface area contributed by atoms with Gasteiger partial charge in [-0.05, 0) is 70.1 Å². The van der Waals surface area contributed by atoms with Crippen molar-refractivity contribution in [2.24, 2.45) is 0 Å². The molecule has 7 nitrogen and oxygen atoms in total. The monoisotopic (exact) mass is 884 g/mol. The summed E-state index contributed by atoms with van der Waals surface area (Å²) in [6, 6.07) is 71.6. The Morgan fingerprint density at radius 3 is 1.26 bits per heavy atom. The van der Waals surface area contributed by atoms with Crippen molar-refractivity contribution in [3.63, 3.8) is 0 Å². The molecule has 3 aliphatic carbocycles. The van der Waals surface area contributed by atoms with Gasteiger partial charge in [0.25, 0.3) is 0 Å². The van der Waals surface area contributed by atoms with Gasteiger partial charge in [-0.25, -0.2) is 29.9 Å². The zero-order valence-corrected chi connectivity index (χ0v) is 37.5. The number of benzene rings is 8. The molecule has 1 aliphatic heterocycles. The van der Waals surface area contributed by atoms with Crippen molar-refractivity contribution >= 4 is 5.57 Å². The Kier molecular flexibility index (Phi) is 8.55. The lowest BCUT2D eigenvalue weighted by molar-refractivity contribution is 0.166. The van der Waals surface area contributed by atoms with E-state index in [-0.39, 0.29) is 5.92 Å².